The molecule has 0 atom stereocenters. The van der Waals surface area contributed by atoms with Crippen molar-refractivity contribution in [1.29, 1.82) is 0 Å². The molecule has 1 aliphatic heterocycles. The van der Waals surface area contributed by atoms with E-state index in [9.17, 15) is 0 Å². The molecule has 0 aliphatic carbocycles. The van der Waals surface area contributed by atoms with Gasteiger partial charge in [0, 0.05) is 23.9 Å². The van der Waals surface area contributed by atoms with Crippen molar-refractivity contribution in [2.45, 2.75) is 47.1 Å². The minimum Gasteiger partial charge on any atom is -0.477 e. The molecule has 4 heterocycles. The Labute approximate surface area is 170 Å². The Kier molecular flexibility index (Phi) is 5.62. The Hall–Kier alpha value is -2.74. The Morgan fingerprint density at radius 1 is 1.10 bits per heavy atom. The summed E-state index contributed by atoms with van der Waals surface area (Å²) in [5, 5.41) is 8.53. The molecule has 1 aliphatic rings. The molecule has 8 nitrogen and oxygen atoms in total. The van der Waals surface area contributed by atoms with Crippen molar-refractivity contribution >= 4 is 0 Å². The zero-order chi connectivity index (χ0) is 20.4. The van der Waals surface area contributed by atoms with Crippen LogP contribution in [0, 0.1) is 33.6 Å². The van der Waals surface area contributed by atoms with Gasteiger partial charge in [0.15, 0.2) is 5.82 Å². The van der Waals surface area contributed by atoms with Gasteiger partial charge >= 0.3 is 0 Å². The molecule has 3 aromatic rings. The predicted octanol–water partition coefficient (Wildman–Crippen LogP) is 3.17. The summed E-state index contributed by atoms with van der Waals surface area (Å²) in [6.07, 6.45) is 3.75. The first-order valence-electron chi connectivity index (χ1n) is 10.1. The molecular formula is C21H28N6O2. The van der Waals surface area contributed by atoms with Crippen molar-refractivity contribution in [2.75, 3.05) is 19.7 Å². The van der Waals surface area contributed by atoms with E-state index in [4.69, 9.17) is 9.26 Å². The summed E-state index contributed by atoms with van der Waals surface area (Å²) < 4.78 is 13.1. The van der Waals surface area contributed by atoms with E-state index in [0.29, 0.717) is 18.4 Å². The van der Waals surface area contributed by atoms with Crippen molar-refractivity contribution in [3.8, 4) is 11.7 Å². The van der Waals surface area contributed by atoms with Crippen LogP contribution in [-0.4, -0.2) is 49.5 Å². The summed E-state index contributed by atoms with van der Waals surface area (Å²) in [4.78, 5) is 11.1. The lowest BCUT2D eigenvalue weighted by Gasteiger charge is -2.31. The fourth-order valence-corrected chi connectivity index (χ4v) is 3.85. The number of likely N-dealkylation sites (tertiary alicyclic amines) is 1. The first-order chi connectivity index (χ1) is 14.0. The molecule has 0 saturated carbocycles. The number of ether oxygens (including phenoxy) is 1. The summed E-state index contributed by atoms with van der Waals surface area (Å²) in [7, 11) is 0. The van der Waals surface area contributed by atoms with Gasteiger partial charge < -0.3 is 9.26 Å². The first kappa shape index (κ1) is 19.6. The lowest BCUT2D eigenvalue weighted by atomic mass is 9.97. The highest BCUT2D eigenvalue weighted by Gasteiger charge is 2.22. The molecule has 0 unspecified atom stereocenters. The van der Waals surface area contributed by atoms with E-state index >= 15 is 0 Å². The Balaban J connectivity index is 1.30. The maximum Gasteiger partial charge on any atom is 0.218 e. The van der Waals surface area contributed by atoms with Crippen LogP contribution in [0.2, 0.25) is 0 Å². The SMILES string of the molecule is Cc1cc(C)n(-c2cc(OCC3CCN(Cc4c(C)noc4C)CC3)ncn2)n1. The van der Waals surface area contributed by atoms with Gasteiger partial charge in [-0.25, -0.2) is 14.6 Å². The van der Waals surface area contributed by atoms with Crippen molar-refractivity contribution < 1.29 is 9.26 Å². The quantitative estimate of drug-likeness (QED) is 0.633. The monoisotopic (exact) mass is 396 g/mol. The molecule has 3 aromatic heterocycles. The minimum atomic E-state index is 0.531. The van der Waals surface area contributed by atoms with Crippen LogP contribution in [0.5, 0.6) is 5.88 Å². The fraction of sp³-hybridized carbons (Fsp3) is 0.524. The van der Waals surface area contributed by atoms with Gasteiger partial charge in [-0.15, -0.1) is 0 Å². The van der Waals surface area contributed by atoms with Gasteiger partial charge in [-0.1, -0.05) is 5.16 Å². The average molecular weight is 396 g/mol. The second-order valence-electron chi connectivity index (χ2n) is 7.89. The number of hydrogen-bond acceptors (Lipinski definition) is 7. The molecule has 0 bridgehead atoms. The molecule has 0 aromatic carbocycles. The minimum absolute atomic E-state index is 0.531. The smallest absolute Gasteiger partial charge is 0.218 e. The molecule has 0 N–H and O–H groups in total. The molecule has 8 heteroatoms. The summed E-state index contributed by atoms with van der Waals surface area (Å²) in [5.74, 6) is 2.79. The second-order valence-corrected chi connectivity index (χ2v) is 7.89. The summed E-state index contributed by atoms with van der Waals surface area (Å²) in [5.41, 5.74) is 4.22. The summed E-state index contributed by atoms with van der Waals surface area (Å²) in [6.45, 7) is 11.7. The van der Waals surface area contributed by atoms with E-state index in [1.807, 2.05) is 44.5 Å². The largest absolute Gasteiger partial charge is 0.477 e. The van der Waals surface area contributed by atoms with Crippen LogP contribution >= 0.6 is 0 Å². The topological polar surface area (TPSA) is 82.1 Å². The zero-order valence-electron chi connectivity index (χ0n) is 17.6. The lowest BCUT2D eigenvalue weighted by Crippen LogP contribution is -2.35. The van der Waals surface area contributed by atoms with Gasteiger partial charge in [0.25, 0.3) is 0 Å². The number of piperidine rings is 1. The Morgan fingerprint density at radius 3 is 2.55 bits per heavy atom. The standard InChI is InChI=1S/C21H28N6O2/c1-14-9-15(2)27(24-14)20-10-21(23-13-22-20)28-12-18-5-7-26(8-6-18)11-19-16(3)25-29-17(19)4/h9-10,13,18H,5-8,11-12H2,1-4H3. The first-order valence-corrected chi connectivity index (χ1v) is 10.1. The number of rotatable bonds is 6. The normalized spacial score (nSPS) is 15.7. The molecule has 0 radical (unpaired) electrons. The van der Waals surface area contributed by atoms with Crippen LogP contribution in [-0.2, 0) is 6.54 Å². The van der Waals surface area contributed by atoms with E-state index < -0.39 is 0 Å². The summed E-state index contributed by atoms with van der Waals surface area (Å²) in [6, 6.07) is 3.88. The molecule has 1 fully saturated rings. The van der Waals surface area contributed by atoms with Crippen molar-refractivity contribution in [3.63, 3.8) is 0 Å². The van der Waals surface area contributed by atoms with Crippen LogP contribution in [0.15, 0.2) is 23.0 Å². The number of aryl methyl sites for hydroxylation is 4. The van der Waals surface area contributed by atoms with Crippen LogP contribution in [0.25, 0.3) is 5.82 Å². The van der Waals surface area contributed by atoms with Crippen LogP contribution in [0.4, 0.5) is 0 Å². The van der Waals surface area contributed by atoms with Crippen molar-refractivity contribution in [3.05, 3.63) is 46.9 Å². The van der Waals surface area contributed by atoms with E-state index in [0.717, 1.165) is 61.1 Å². The van der Waals surface area contributed by atoms with Crippen molar-refractivity contribution in [2.24, 2.45) is 5.92 Å². The molecule has 4 rings (SSSR count). The molecule has 154 valence electrons. The third kappa shape index (κ3) is 4.48. The highest BCUT2D eigenvalue weighted by molar-refractivity contribution is 5.29. The van der Waals surface area contributed by atoms with Crippen LogP contribution in [0.1, 0.15) is 41.2 Å². The number of hydrogen-bond donors (Lipinski definition) is 0. The van der Waals surface area contributed by atoms with Crippen molar-refractivity contribution in [1.82, 2.24) is 29.8 Å². The third-order valence-electron chi connectivity index (χ3n) is 5.59. The Morgan fingerprint density at radius 2 is 1.90 bits per heavy atom. The molecule has 29 heavy (non-hydrogen) atoms. The van der Waals surface area contributed by atoms with Crippen LogP contribution < -0.4 is 4.74 Å². The van der Waals surface area contributed by atoms with Gasteiger partial charge in [0.2, 0.25) is 5.88 Å². The average Bonchev–Trinajstić information content (AvgIpc) is 3.22. The Bertz CT molecular complexity index is 952. The third-order valence-corrected chi connectivity index (χ3v) is 5.59. The predicted molar refractivity (Wildman–Crippen MR) is 108 cm³/mol. The highest BCUT2D eigenvalue weighted by Crippen LogP contribution is 2.23. The second kappa shape index (κ2) is 8.32. The number of nitrogens with zero attached hydrogens (tertiary/aromatic N) is 6. The molecular weight excluding hydrogens is 368 g/mol. The van der Waals surface area contributed by atoms with Crippen LogP contribution in [0.3, 0.4) is 0 Å². The van der Waals surface area contributed by atoms with Gasteiger partial charge in [-0.05, 0) is 65.6 Å². The van der Waals surface area contributed by atoms with E-state index in [-0.39, 0.29) is 0 Å². The summed E-state index contributed by atoms with van der Waals surface area (Å²) >= 11 is 0. The maximum atomic E-state index is 6.00. The van der Waals surface area contributed by atoms with E-state index in [1.165, 1.54) is 11.9 Å². The molecule has 0 spiro atoms. The van der Waals surface area contributed by atoms with Gasteiger partial charge in [-0.2, -0.15) is 5.10 Å². The lowest BCUT2D eigenvalue weighted by molar-refractivity contribution is 0.134. The van der Waals surface area contributed by atoms with Gasteiger partial charge in [0.05, 0.1) is 18.0 Å². The fourth-order valence-electron chi connectivity index (χ4n) is 3.85. The zero-order valence-corrected chi connectivity index (χ0v) is 17.6. The van der Waals surface area contributed by atoms with Gasteiger partial charge in [-0.3, -0.25) is 4.90 Å². The highest BCUT2D eigenvalue weighted by atomic mass is 16.5. The molecule has 1 saturated heterocycles. The number of aromatic nitrogens is 5. The van der Waals surface area contributed by atoms with E-state index in [1.54, 1.807) is 0 Å². The molecule has 0 amide bonds. The van der Waals surface area contributed by atoms with E-state index in [2.05, 4.69) is 25.1 Å². The maximum absolute atomic E-state index is 6.00. The van der Waals surface area contributed by atoms with Gasteiger partial charge in [0.1, 0.15) is 12.1 Å².